The Bertz CT molecular complexity index is 1100. The number of aryl methyl sites for hydroxylation is 1. The van der Waals surface area contributed by atoms with E-state index in [9.17, 15) is 13.2 Å². The highest BCUT2D eigenvalue weighted by atomic mass is 32.2. The van der Waals surface area contributed by atoms with Gasteiger partial charge >= 0.3 is 0 Å². The lowest BCUT2D eigenvalue weighted by atomic mass is 10.2. The third kappa shape index (κ3) is 4.95. The van der Waals surface area contributed by atoms with Crippen LogP contribution < -0.4 is 10.0 Å². The summed E-state index contributed by atoms with van der Waals surface area (Å²) in [4.78, 5) is 16.9. The lowest BCUT2D eigenvalue weighted by molar-refractivity contribution is 0.0953. The van der Waals surface area contributed by atoms with Crippen molar-refractivity contribution in [1.29, 1.82) is 0 Å². The number of rotatable bonds is 8. The number of terminal acetylenes is 1. The molecule has 0 saturated heterocycles. The summed E-state index contributed by atoms with van der Waals surface area (Å²) in [6.07, 6.45) is 6.59. The van der Waals surface area contributed by atoms with Gasteiger partial charge in [0.1, 0.15) is 0 Å². The van der Waals surface area contributed by atoms with Gasteiger partial charge in [0.05, 0.1) is 26.7 Å². The van der Waals surface area contributed by atoms with Crippen molar-refractivity contribution in [3.63, 3.8) is 0 Å². The smallest absolute Gasteiger partial charge is 0.251 e. The zero-order valence-electron chi connectivity index (χ0n) is 15.0. The molecule has 0 fully saturated rings. The SMILES string of the molecule is C#CCNS(=O)(=O)c1cccc(C(=O)NCCCc2nc3ccccc3s2)c1. The van der Waals surface area contributed by atoms with Crippen molar-refractivity contribution in [1.82, 2.24) is 15.0 Å². The number of thiazole rings is 1. The fraction of sp³-hybridized carbons (Fsp3) is 0.200. The van der Waals surface area contributed by atoms with E-state index in [1.54, 1.807) is 17.4 Å². The molecule has 0 unspecified atom stereocenters. The fourth-order valence-corrected chi connectivity index (χ4v) is 4.58. The van der Waals surface area contributed by atoms with Gasteiger partial charge in [0.25, 0.3) is 5.91 Å². The van der Waals surface area contributed by atoms with Crippen LogP contribution in [0.5, 0.6) is 0 Å². The Hall–Kier alpha value is -2.73. The van der Waals surface area contributed by atoms with Gasteiger partial charge in [-0.3, -0.25) is 4.79 Å². The monoisotopic (exact) mass is 413 g/mol. The van der Waals surface area contributed by atoms with Crippen molar-refractivity contribution in [2.75, 3.05) is 13.1 Å². The number of amides is 1. The van der Waals surface area contributed by atoms with E-state index in [-0.39, 0.29) is 22.9 Å². The van der Waals surface area contributed by atoms with E-state index < -0.39 is 10.0 Å². The van der Waals surface area contributed by atoms with Crippen LogP contribution in [0.15, 0.2) is 53.4 Å². The third-order valence-electron chi connectivity index (χ3n) is 3.96. The molecule has 3 aromatic rings. The van der Waals surface area contributed by atoms with Gasteiger partial charge in [-0.05, 0) is 36.8 Å². The number of carbonyl (C=O) groups is 1. The van der Waals surface area contributed by atoms with Crippen LogP contribution >= 0.6 is 11.3 Å². The zero-order chi connectivity index (χ0) is 20.0. The second-order valence-electron chi connectivity index (χ2n) is 5.99. The number of fused-ring (bicyclic) bond motifs is 1. The average Bonchev–Trinajstić information content (AvgIpc) is 3.12. The summed E-state index contributed by atoms with van der Waals surface area (Å²) in [5.41, 5.74) is 1.27. The second kappa shape index (κ2) is 8.97. The van der Waals surface area contributed by atoms with Gasteiger partial charge in [-0.25, -0.2) is 13.4 Å². The van der Waals surface area contributed by atoms with Gasteiger partial charge in [-0.2, -0.15) is 4.72 Å². The van der Waals surface area contributed by atoms with Crippen molar-refractivity contribution >= 4 is 37.5 Å². The number of hydrogen-bond acceptors (Lipinski definition) is 5. The van der Waals surface area contributed by atoms with Crippen molar-refractivity contribution in [2.24, 2.45) is 0 Å². The molecular weight excluding hydrogens is 394 g/mol. The maximum absolute atomic E-state index is 12.3. The van der Waals surface area contributed by atoms with E-state index in [2.05, 4.69) is 20.9 Å². The Labute approximate surface area is 168 Å². The van der Waals surface area contributed by atoms with Gasteiger partial charge < -0.3 is 5.32 Å². The van der Waals surface area contributed by atoms with Crippen LogP contribution in [0.25, 0.3) is 10.2 Å². The van der Waals surface area contributed by atoms with E-state index in [0.29, 0.717) is 6.54 Å². The van der Waals surface area contributed by atoms with Gasteiger partial charge in [-0.1, -0.05) is 24.1 Å². The van der Waals surface area contributed by atoms with E-state index >= 15 is 0 Å². The van der Waals surface area contributed by atoms with Gasteiger partial charge in [0, 0.05) is 18.5 Å². The number of hydrogen-bond donors (Lipinski definition) is 2. The van der Waals surface area contributed by atoms with E-state index in [4.69, 9.17) is 6.42 Å². The zero-order valence-corrected chi connectivity index (χ0v) is 16.6. The Morgan fingerprint density at radius 3 is 2.79 bits per heavy atom. The molecule has 0 bridgehead atoms. The highest BCUT2D eigenvalue weighted by molar-refractivity contribution is 7.89. The number of aromatic nitrogens is 1. The van der Waals surface area contributed by atoms with Crippen LogP contribution in [0, 0.1) is 12.3 Å². The molecule has 2 aromatic carbocycles. The largest absolute Gasteiger partial charge is 0.352 e. The molecule has 0 radical (unpaired) electrons. The molecule has 1 amide bonds. The van der Waals surface area contributed by atoms with E-state index in [1.807, 2.05) is 24.3 Å². The van der Waals surface area contributed by atoms with Crippen LogP contribution in [0.3, 0.4) is 0 Å². The number of nitrogens with one attached hydrogen (secondary N) is 2. The van der Waals surface area contributed by atoms with Gasteiger partial charge in [0.2, 0.25) is 10.0 Å². The molecule has 8 heteroatoms. The van der Waals surface area contributed by atoms with Crippen molar-refractivity contribution in [2.45, 2.75) is 17.7 Å². The molecular formula is C20H19N3O3S2. The Balaban J connectivity index is 1.55. The number of benzene rings is 2. The normalized spacial score (nSPS) is 11.2. The maximum atomic E-state index is 12.3. The predicted octanol–water partition coefficient (Wildman–Crippen LogP) is 2.57. The first kappa shape index (κ1) is 20.0. The quantitative estimate of drug-likeness (QED) is 0.439. The summed E-state index contributed by atoms with van der Waals surface area (Å²) in [6.45, 7) is 0.367. The molecule has 0 saturated carbocycles. The minimum atomic E-state index is -3.73. The van der Waals surface area contributed by atoms with Crippen LogP contribution in [-0.4, -0.2) is 32.4 Å². The highest BCUT2D eigenvalue weighted by Gasteiger charge is 2.15. The minimum Gasteiger partial charge on any atom is -0.352 e. The molecule has 1 aromatic heterocycles. The summed E-state index contributed by atoms with van der Waals surface area (Å²) < 4.78 is 27.6. The molecule has 28 heavy (non-hydrogen) atoms. The molecule has 0 aliphatic rings. The molecule has 2 N–H and O–H groups in total. The first-order valence-electron chi connectivity index (χ1n) is 8.65. The summed E-state index contributed by atoms with van der Waals surface area (Å²) in [5.74, 6) is 1.89. The van der Waals surface area contributed by atoms with E-state index in [1.165, 1.54) is 18.2 Å². The second-order valence-corrected chi connectivity index (χ2v) is 8.87. The standard InChI is InChI=1S/C20H19N3O3S2/c1-2-12-22-28(25,26)16-8-5-7-15(14-16)20(24)21-13-6-11-19-23-17-9-3-4-10-18(17)27-19/h1,3-5,7-10,14,22H,6,11-13H2,(H,21,24). The first-order chi connectivity index (χ1) is 13.5. The van der Waals surface area contributed by atoms with E-state index in [0.717, 1.165) is 28.1 Å². The van der Waals surface area contributed by atoms with Crippen LogP contribution in [-0.2, 0) is 16.4 Å². The predicted molar refractivity (Wildman–Crippen MR) is 111 cm³/mol. The fourth-order valence-electron chi connectivity index (χ4n) is 2.59. The van der Waals surface area contributed by atoms with Crippen LogP contribution in [0.2, 0.25) is 0 Å². The lowest BCUT2D eigenvalue weighted by Crippen LogP contribution is -2.26. The number of carbonyl (C=O) groups excluding carboxylic acids is 1. The van der Waals surface area contributed by atoms with Crippen molar-refractivity contribution in [3.05, 3.63) is 59.1 Å². The third-order valence-corrected chi connectivity index (χ3v) is 6.46. The summed E-state index contributed by atoms with van der Waals surface area (Å²) in [6, 6.07) is 13.8. The molecule has 6 nitrogen and oxygen atoms in total. The molecule has 0 spiro atoms. The minimum absolute atomic E-state index is 0.00451. The number of para-hydroxylation sites is 1. The summed E-state index contributed by atoms with van der Waals surface area (Å²) in [7, 11) is -3.73. The lowest BCUT2D eigenvalue weighted by Gasteiger charge is -2.07. The Morgan fingerprint density at radius 2 is 2.00 bits per heavy atom. The Kier molecular flexibility index (Phi) is 6.41. The molecule has 144 valence electrons. The highest BCUT2D eigenvalue weighted by Crippen LogP contribution is 2.22. The van der Waals surface area contributed by atoms with Crippen molar-refractivity contribution < 1.29 is 13.2 Å². The number of nitrogens with zero attached hydrogens (tertiary/aromatic N) is 1. The first-order valence-corrected chi connectivity index (χ1v) is 11.0. The average molecular weight is 414 g/mol. The molecule has 3 rings (SSSR count). The summed E-state index contributed by atoms with van der Waals surface area (Å²) in [5, 5.41) is 3.85. The molecule has 0 aliphatic heterocycles. The van der Waals surface area contributed by atoms with Crippen LogP contribution in [0.4, 0.5) is 0 Å². The van der Waals surface area contributed by atoms with Gasteiger partial charge in [-0.15, -0.1) is 17.8 Å². The van der Waals surface area contributed by atoms with Crippen molar-refractivity contribution in [3.8, 4) is 12.3 Å². The molecule has 1 heterocycles. The Morgan fingerprint density at radius 1 is 1.18 bits per heavy atom. The van der Waals surface area contributed by atoms with Gasteiger partial charge in [0.15, 0.2) is 0 Å². The molecule has 0 aliphatic carbocycles. The number of sulfonamides is 1. The molecule has 0 atom stereocenters. The van der Waals surface area contributed by atoms with Crippen LogP contribution in [0.1, 0.15) is 21.8 Å². The maximum Gasteiger partial charge on any atom is 0.251 e. The topological polar surface area (TPSA) is 88.2 Å². The summed E-state index contributed by atoms with van der Waals surface area (Å²) >= 11 is 1.65.